The van der Waals surface area contributed by atoms with E-state index in [1.807, 2.05) is 30.3 Å². The SMILES string of the molecule is CS(=O)(=O)C[C@H](Cl)c1ccccc1. The van der Waals surface area contributed by atoms with Crippen LogP contribution < -0.4 is 0 Å². The van der Waals surface area contributed by atoms with Gasteiger partial charge in [-0.2, -0.15) is 0 Å². The number of hydrogen-bond donors (Lipinski definition) is 0. The lowest BCUT2D eigenvalue weighted by molar-refractivity contribution is 0.600. The first-order valence-corrected chi connectivity index (χ1v) is 6.35. The summed E-state index contributed by atoms with van der Waals surface area (Å²) in [6.07, 6.45) is 1.19. The van der Waals surface area contributed by atoms with Crippen LogP contribution in [0.15, 0.2) is 30.3 Å². The van der Waals surface area contributed by atoms with Gasteiger partial charge >= 0.3 is 0 Å². The Morgan fingerprint density at radius 3 is 2.31 bits per heavy atom. The topological polar surface area (TPSA) is 34.1 Å². The second kappa shape index (κ2) is 4.11. The van der Waals surface area contributed by atoms with Crippen LogP contribution in [0.2, 0.25) is 0 Å². The highest BCUT2D eigenvalue weighted by Crippen LogP contribution is 2.21. The lowest BCUT2D eigenvalue weighted by Gasteiger charge is -2.07. The van der Waals surface area contributed by atoms with Crippen molar-refractivity contribution in [3.05, 3.63) is 35.9 Å². The van der Waals surface area contributed by atoms with E-state index in [0.29, 0.717) is 0 Å². The van der Waals surface area contributed by atoms with Gasteiger partial charge < -0.3 is 0 Å². The third-order valence-corrected chi connectivity index (χ3v) is 3.14. The van der Waals surface area contributed by atoms with Crippen LogP contribution in [0.4, 0.5) is 0 Å². The number of halogens is 1. The fraction of sp³-hybridized carbons (Fsp3) is 0.333. The molecule has 0 amide bonds. The van der Waals surface area contributed by atoms with Crippen molar-refractivity contribution in [3.63, 3.8) is 0 Å². The molecule has 0 saturated heterocycles. The summed E-state index contributed by atoms with van der Waals surface area (Å²) in [5.74, 6) is -0.0153. The molecule has 0 aliphatic rings. The molecule has 1 aromatic rings. The Bertz CT molecular complexity index is 358. The zero-order valence-corrected chi connectivity index (χ0v) is 8.85. The highest BCUT2D eigenvalue weighted by atomic mass is 35.5. The minimum atomic E-state index is -3.00. The molecule has 13 heavy (non-hydrogen) atoms. The standard InChI is InChI=1S/C9H11ClO2S/c1-13(11,12)7-9(10)8-5-3-2-4-6-8/h2-6,9H,7H2,1H3/t9-/m0/s1. The van der Waals surface area contributed by atoms with Gasteiger partial charge in [0.2, 0.25) is 0 Å². The fourth-order valence-electron chi connectivity index (χ4n) is 1.02. The van der Waals surface area contributed by atoms with Crippen LogP contribution >= 0.6 is 11.6 Å². The van der Waals surface area contributed by atoms with Crippen molar-refractivity contribution in [2.24, 2.45) is 0 Å². The molecule has 0 unspecified atom stereocenters. The number of rotatable bonds is 3. The van der Waals surface area contributed by atoms with Crippen LogP contribution in [0.25, 0.3) is 0 Å². The molecule has 0 aromatic heterocycles. The maximum atomic E-state index is 10.9. The van der Waals surface area contributed by atoms with Crippen LogP contribution in [-0.2, 0) is 9.84 Å². The Labute approximate surface area is 83.5 Å². The van der Waals surface area contributed by atoms with Crippen LogP contribution in [0, 0.1) is 0 Å². The van der Waals surface area contributed by atoms with E-state index in [2.05, 4.69) is 0 Å². The highest BCUT2D eigenvalue weighted by molar-refractivity contribution is 7.90. The summed E-state index contributed by atoms with van der Waals surface area (Å²) in [7, 11) is -3.00. The van der Waals surface area contributed by atoms with Gasteiger partial charge in [0.15, 0.2) is 0 Å². The maximum absolute atomic E-state index is 10.9. The smallest absolute Gasteiger partial charge is 0.149 e. The number of sulfone groups is 1. The molecule has 0 N–H and O–H groups in total. The Hall–Kier alpha value is -0.540. The molecular formula is C9H11ClO2S. The first-order chi connectivity index (χ1) is 5.99. The summed E-state index contributed by atoms with van der Waals surface area (Å²) >= 11 is 5.91. The van der Waals surface area contributed by atoms with Gasteiger partial charge in [-0.05, 0) is 5.56 Å². The van der Waals surface area contributed by atoms with Crippen molar-refractivity contribution in [2.45, 2.75) is 5.38 Å². The average Bonchev–Trinajstić information content (AvgIpc) is 2.03. The monoisotopic (exact) mass is 218 g/mol. The van der Waals surface area contributed by atoms with Gasteiger partial charge in [0.1, 0.15) is 9.84 Å². The van der Waals surface area contributed by atoms with Gasteiger partial charge in [-0.3, -0.25) is 0 Å². The summed E-state index contributed by atoms with van der Waals surface area (Å²) < 4.78 is 21.9. The molecule has 0 spiro atoms. The molecule has 1 aromatic carbocycles. The molecule has 1 atom stereocenters. The molecular weight excluding hydrogens is 208 g/mol. The van der Waals surface area contributed by atoms with Gasteiger partial charge in [-0.1, -0.05) is 30.3 Å². The van der Waals surface area contributed by atoms with Gasteiger partial charge in [0, 0.05) is 6.26 Å². The fourth-order valence-corrected chi connectivity index (χ4v) is 2.58. The minimum absolute atomic E-state index is 0.0153. The van der Waals surface area contributed by atoms with E-state index in [4.69, 9.17) is 11.6 Å². The lowest BCUT2D eigenvalue weighted by atomic mass is 10.2. The summed E-state index contributed by atoms with van der Waals surface area (Å²) in [5, 5.41) is -0.448. The molecule has 0 aliphatic carbocycles. The first kappa shape index (κ1) is 10.5. The van der Waals surface area contributed by atoms with Gasteiger partial charge in [0.25, 0.3) is 0 Å². The van der Waals surface area contributed by atoms with Crippen molar-refractivity contribution >= 4 is 21.4 Å². The first-order valence-electron chi connectivity index (χ1n) is 3.86. The van der Waals surface area contributed by atoms with Crippen molar-refractivity contribution in [1.82, 2.24) is 0 Å². The molecule has 0 radical (unpaired) electrons. The molecule has 0 aliphatic heterocycles. The van der Waals surface area contributed by atoms with E-state index >= 15 is 0 Å². The van der Waals surface area contributed by atoms with Crippen LogP contribution in [-0.4, -0.2) is 20.4 Å². The minimum Gasteiger partial charge on any atom is -0.229 e. The third kappa shape index (κ3) is 3.79. The summed E-state index contributed by atoms with van der Waals surface area (Å²) in [6.45, 7) is 0. The van der Waals surface area contributed by atoms with Gasteiger partial charge in [-0.15, -0.1) is 11.6 Å². The van der Waals surface area contributed by atoms with Gasteiger partial charge in [-0.25, -0.2) is 8.42 Å². The number of alkyl halides is 1. The predicted octanol–water partition coefficient (Wildman–Crippen LogP) is 2.01. The highest BCUT2D eigenvalue weighted by Gasteiger charge is 2.13. The zero-order chi connectivity index (χ0) is 9.90. The molecule has 0 bridgehead atoms. The summed E-state index contributed by atoms with van der Waals surface area (Å²) in [4.78, 5) is 0. The van der Waals surface area contributed by atoms with Gasteiger partial charge in [0.05, 0.1) is 11.1 Å². The van der Waals surface area contributed by atoms with E-state index < -0.39 is 15.2 Å². The second-order valence-electron chi connectivity index (χ2n) is 2.97. The molecule has 0 saturated carbocycles. The van der Waals surface area contributed by atoms with E-state index in [1.54, 1.807) is 0 Å². The quantitative estimate of drug-likeness (QED) is 0.728. The van der Waals surface area contributed by atoms with Crippen molar-refractivity contribution in [3.8, 4) is 0 Å². The second-order valence-corrected chi connectivity index (χ2v) is 5.68. The average molecular weight is 219 g/mol. The molecule has 2 nitrogen and oxygen atoms in total. The zero-order valence-electron chi connectivity index (χ0n) is 7.27. The molecule has 0 fully saturated rings. The summed E-state index contributed by atoms with van der Waals surface area (Å²) in [6, 6.07) is 9.19. The normalized spacial score (nSPS) is 14.0. The summed E-state index contributed by atoms with van der Waals surface area (Å²) in [5.41, 5.74) is 0.842. The molecule has 0 heterocycles. The van der Waals surface area contributed by atoms with Crippen molar-refractivity contribution in [2.75, 3.05) is 12.0 Å². The Kier molecular flexibility index (Phi) is 3.33. The maximum Gasteiger partial charge on any atom is 0.149 e. The van der Waals surface area contributed by atoms with Crippen LogP contribution in [0.3, 0.4) is 0 Å². The van der Waals surface area contributed by atoms with Crippen molar-refractivity contribution in [1.29, 1.82) is 0 Å². The van der Waals surface area contributed by atoms with E-state index in [0.717, 1.165) is 5.56 Å². The Balaban J connectivity index is 2.76. The van der Waals surface area contributed by atoms with E-state index in [1.165, 1.54) is 6.26 Å². The Morgan fingerprint density at radius 2 is 1.85 bits per heavy atom. The van der Waals surface area contributed by atoms with Crippen LogP contribution in [0.5, 0.6) is 0 Å². The lowest BCUT2D eigenvalue weighted by Crippen LogP contribution is -2.08. The van der Waals surface area contributed by atoms with E-state index in [9.17, 15) is 8.42 Å². The number of hydrogen-bond acceptors (Lipinski definition) is 2. The third-order valence-electron chi connectivity index (χ3n) is 1.61. The number of benzene rings is 1. The van der Waals surface area contributed by atoms with E-state index in [-0.39, 0.29) is 5.75 Å². The largest absolute Gasteiger partial charge is 0.229 e. The molecule has 4 heteroatoms. The Morgan fingerprint density at radius 1 is 1.31 bits per heavy atom. The predicted molar refractivity (Wildman–Crippen MR) is 54.7 cm³/mol. The molecule has 1 rings (SSSR count). The van der Waals surface area contributed by atoms with Crippen molar-refractivity contribution < 1.29 is 8.42 Å². The van der Waals surface area contributed by atoms with Crippen LogP contribution in [0.1, 0.15) is 10.9 Å². The molecule has 72 valence electrons.